The number of rotatable bonds is 6. The van der Waals surface area contributed by atoms with Gasteiger partial charge in [0, 0.05) is 0 Å². The second-order valence-corrected chi connectivity index (χ2v) is 11.6. The van der Waals surface area contributed by atoms with E-state index < -0.39 is 8.56 Å². The van der Waals surface area contributed by atoms with Gasteiger partial charge in [0.15, 0.2) is 0 Å². The van der Waals surface area contributed by atoms with Crippen LogP contribution in [0.1, 0.15) is 69.2 Å². The molecule has 0 saturated carbocycles. The van der Waals surface area contributed by atoms with Gasteiger partial charge in [-0.15, -0.1) is 0 Å². The van der Waals surface area contributed by atoms with Gasteiger partial charge in [0.05, 0.1) is 11.2 Å². The highest BCUT2D eigenvalue weighted by Crippen LogP contribution is 2.34. The van der Waals surface area contributed by atoms with E-state index in [1.165, 1.54) is 0 Å². The maximum atomic E-state index is 6.54. The quantitative estimate of drug-likeness (QED) is 0.612. The van der Waals surface area contributed by atoms with Crippen molar-refractivity contribution in [1.82, 2.24) is 0 Å². The van der Waals surface area contributed by atoms with Crippen LogP contribution in [-0.2, 0) is 8.85 Å². The summed E-state index contributed by atoms with van der Waals surface area (Å²) in [6.07, 6.45) is 0. The van der Waals surface area contributed by atoms with E-state index in [2.05, 4.69) is 69.2 Å². The van der Waals surface area contributed by atoms with Crippen LogP contribution in [0.3, 0.4) is 0 Å². The summed E-state index contributed by atoms with van der Waals surface area (Å²) in [6.45, 7) is 21.9. The van der Waals surface area contributed by atoms with Crippen molar-refractivity contribution >= 4 is 8.56 Å². The first kappa shape index (κ1) is 19.1. The Hall–Kier alpha value is 0.137. The molecule has 0 aromatic rings. The highest BCUT2D eigenvalue weighted by Gasteiger charge is 2.45. The standard InChI is InChI=1S/C16H36O2Si/c1-13(2)11-19(12-14(3)4,17-15(5,6)7)18-16(8,9)10/h13-14H,11-12H2,1-10H3. The van der Waals surface area contributed by atoms with Gasteiger partial charge >= 0.3 is 8.56 Å². The van der Waals surface area contributed by atoms with E-state index >= 15 is 0 Å². The van der Waals surface area contributed by atoms with Gasteiger partial charge in [0.2, 0.25) is 0 Å². The summed E-state index contributed by atoms with van der Waals surface area (Å²) < 4.78 is 13.1. The molecule has 0 aliphatic heterocycles. The van der Waals surface area contributed by atoms with E-state index in [1.54, 1.807) is 0 Å². The molecule has 0 aromatic heterocycles. The van der Waals surface area contributed by atoms with Crippen LogP contribution in [0.15, 0.2) is 0 Å². The lowest BCUT2D eigenvalue weighted by atomic mass is 10.2. The Morgan fingerprint density at radius 2 is 0.947 bits per heavy atom. The molecule has 0 unspecified atom stereocenters. The molecule has 2 nitrogen and oxygen atoms in total. The predicted octanol–water partition coefficient (Wildman–Crippen LogP) is 5.37. The highest BCUT2D eigenvalue weighted by molar-refractivity contribution is 6.67. The molecule has 0 aliphatic rings. The molecule has 0 aromatic carbocycles. The molecule has 0 amide bonds. The topological polar surface area (TPSA) is 18.5 Å². The maximum absolute atomic E-state index is 6.54. The largest absolute Gasteiger partial charge is 0.389 e. The normalized spacial score (nSPS) is 14.5. The second kappa shape index (κ2) is 6.73. The van der Waals surface area contributed by atoms with E-state index in [0.717, 1.165) is 12.1 Å². The highest BCUT2D eigenvalue weighted by atomic mass is 28.4. The minimum absolute atomic E-state index is 0.138. The van der Waals surface area contributed by atoms with E-state index in [1.807, 2.05) is 0 Å². The first-order valence-corrected chi connectivity index (χ1v) is 9.88. The van der Waals surface area contributed by atoms with Crippen molar-refractivity contribution in [3.63, 3.8) is 0 Å². The van der Waals surface area contributed by atoms with Crippen molar-refractivity contribution in [2.45, 2.75) is 92.5 Å². The van der Waals surface area contributed by atoms with Crippen LogP contribution in [0.25, 0.3) is 0 Å². The third kappa shape index (κ3) is 9.64. The Labute approximate surface area is 122 Å². The third-order valence-corrected chi connectivity index (χ3v) is 7.27. The van der Waals surface area contributed by atoms with Crippen molar-refractivity contribution in [3.05, 3.63) is 0 Å². The molecular weight excluding hydrogens is 252 g/mol. The summed E-state index contributed by atoms with van der Waals surface area (Å²) in [6, 6.07) is 2.14. The van der Waals surface area contributed by atoms with Crippen LogP contribution in [0.2, 0.25) is 12.1 Å². The predicted molar refractivity (Wildman–Crippen MR) is 86.7 cm³/mol. The SMILES string of the molecule is CC(C)C[Si](CC(C)C)(OC(C)(C)C)OC(C)(C)C. The molecule has 0 radical (unpaired) electrons. The van der Waals surface area contributed by atoms with Gasteiger partial charge in [-0.05, 0) is 65.5 Å². The van der Waals surface area contributed by atoms with E-state index in [4.69, 9.17) is 8.85 Å². The van der Waals surface area contributed by atoms with Crippen LogP contribution in [-0.4, -0.2) is 19.8 Å². The fraction of sp³-hybridized carbons (Fsp3) is 1.00. The molecule has 0 bridgehead atoms. The van der Waals surface area contributed by atoms with Gasteiger partial charge in [-0.1, -0.05) is 27.7 Å². The molecule has 0 saturated heterocycles. The van der Waals surface area contributed by atoms with Crippen LogP contribution in [0.5, 0.6) is 0 Å². The Morgan fingerprint density at radius 1 is 0.684 bits per heavy atom. The lowest BCUT2D eigenvalue weighted by molar-refractivity contribution is 0.0108. The summed E-state index contributed by atoms with van der Waals surface area (Å²) in [4.78, 5) is 0. The molecule has 19 heavy (non-hydrogen) atoms. The summed E-state index contributed by atoms with van der Waals surface area (Å²) in [7, 11) is -2.19. The molecule has 0 atom stereocenters. The maximum Gasteiger partial charge on any atom is 0.339 e. The Kier molecular flexibility index (Phi) is 6.78. The minimum Gasteiger partial charge on any atom is -0.389 e. The lowest BCUT2D eigenvalue weighted by Gasteiger charge is -2.43. The van der Waals surface area contributed by atoms with Crippen molar-refractivity contribution in [3.8, 4) is 0 Å². The minimum atomic E-state index is -2.19. The van der Waals surface area contributed by atoms with Crippen molar-refractivity contribution in [2.24, 2.45) is 11.8 Å². The summed E-state index contributed by atoms with van der Waals surface area (Å²) in [5, 5.41) is 0. The zero-order valence-corrected chi connectivity index (χ0v) is 15.9. The van der Waals surface area contributed by atoms with Crippen LogP contribution >= 0.6 is 0 Å². The van der Waals surface area contributed by atoms with Gasteiger partial charge in [-0.25, -0.2) is 0 Å². The Morgan fingerprint density at radius 3 is 1.11 bits per heavy atom. The third-order valence-electron chi connectivity index (χ3n) is 2.42. The molecule has 0 N–H and O–H groups in total. The van der Waals surface area contributed by atoms with Crippen molar-refractivity contribution in [1.29, 1.82) is 0 Å². The zero-order chi connectivity index (χ0) is 15.5. The van der Waals surface area contributed by atoms with Gasteiger partial charge in [0.25, 0.3) is 0 Å². The van der Waals surface area contributed by atoms with Gasteiger partial charge in [0.1, 0.15) is 0 Å². The Bertz CT molecular complexity index is 231. The van der Waals surface area contributed by atoms with Crippen LogP contribution in [0, 0.1) is 11.8 Å². The molecule has 0 fully saturated rings. The smallest absolute Gasteiger partial charge is 0.339 e. The average molecular weight is 289 g/mol. The number of hydrogen-bond acceptors (Lipinski definition) is 2. The van der Waals surface area contributed by atoms with Gasteiger partial charge < -0.3 is 8.85 Å². The fourth-order valence-electron chi connectivity index (χ4n) is 2.63. The molecule has 3 heteroatoms. The van der Waals surface area contributed by atoms with Crippen molar-refractivity contribution < 1.29 is 8.85 Å². The molecule has 0 spiro atoms. The Balaban J connectivity index is 5.31. The fourth-order valence-corrected chi connectivity index (χ4v) is 7.89. The molecule has 0 heterocycles. The monoisotopic (exact) mass is 288 g/mol. The molecular formula is C16H36O2Si. The van der Waals surface area contributed by atoms with Crippen LogP contribution < -0.4 is 0 Å². The van der Waals surface area contributed by atoms with Crippen molar-refractivity contribution in [2.75, 3.05) is 0 Å². The molecule has 116 valence electrons. The van der Waals surface area contributed by atoms with E-state index in [-0.39, 0.29) is 11.2 Å². The van der Waals surface area contributed by atoms with E-state index in [0.29, 0.717) is 11.8 Å². The number of hydrogen-bond donors (Lipinski definition) is 0. The second-order valence-electron chi connectivity index (χ2n) is 8.54. The lowest BCUT2D eigenvalue weighted by Crippen LogP contribution is -2.53. The summed E-state index contributed by atoms with van der Waals surface area (Å²) >= 11 is 0. The van der Waals surface area contributed by atoms with E-state index in [9.17, 15) is 0 Å². The zero-order valence-electron chi connectivity index (χ0n) is 14.9. The van der Waals surface area contributed by atoms with Gasteiger partial charge in [-0.3, -0.25) is 0 Å². The molecule has 0 rings (SSSR count). The molecule has 0 aliphatic carbocycles. The van der Waals surface area contributed by atoms with Gasteiger partial charge in [-0.2, -0.15) is 0 Å². The summed E-state index contributed by atoms with van der Waals surface area (Å²) in [5.74, 6) is 1.21. The average Bonchev–Trinajstić information content (AvgIpc) is 1.89. The van der Waals surface area contributed by atoms with Crippen LogP contribution in [0.4, 0.5) is 0 Å². The first-order chi connectivity index (χ1) is 8.25. The first-order valence-electron chi connectivity index (χ1n) is 7.65. The summed E-state index contributed by atoms with van der Waals surface area (Å²) in [5.41, 5.74) is -0.275.